The quantitative estimate of drug-likeness (QED) is 0.422. The first-order valence-electron chi connectivity index (χ1n) is 12.4. The molecule has 0 bridgehead atoms. The summed E-state index contributed by atoms with van der Waals surface area (Å²) in [6, 6.07) is 9.97. The highest BCUT2D eigenvalue weighted by atomic mass is 16.5. The highest BCUT2D eigenvalue weighted by Gasteiger charge is 2.43. The molecular weight excluding hydrogens is 474 g/mol. The van der Waals surface area contributed by atoms with Crippen LogP contribution in [-0.2, 0) is 16.1 Å². The van der Waals surface area contributed by atoms with Crippen molar-refractivity contribution in [2.75, 3.05) is 21.3 Å². The largest absolute Gasteiger partial charge is 0.493 e. The van der Waals surface area contributed by atoms with Gasteiger partial charge in [-0.2, -0.15) is 0 Å². The number of para-hydroxylation sites is 1. The lowest BCUT2D eigenvalue weighted by molar-refractivity contribution is -0.143. The van der Waals surface area contributed by atoms with Crippen LogP contribution in [0.1, 0.15) is 51.6 Å². The maximum Gasteiger partial charge on any atom is 0.247 e. The molecule has 1 aliphatic carbocycles. The predicted octanol–water partition coefficient (Wildman–Crippen LogP) is 3.49. The zero-order valence-electron chi connectivity index (χ0n) is 22.3. The zero-order chi connectivity index (χ0) is 26.7. The normalized spacial score (nSPS) is 14.2. The Labute approximate surface area is 216 Å². The Morgan fingerprint density at radius 3 is 2.32 bits per heavy atom. The number of fused-ring (bicyclic) bond motifs is 1. The van der Waals surface area contributed by atoms with Crippen molar-refractivity contribution in [3.8, 4) is 17.2 Å². The number of benzene rings is 2. The molecule has 1 aliphatic rings. The van der Waals surface area contributed by atoms with Crippen LogP contribution in [0.15, 0.2) is 36.4 Å². The van der Waals surface area contributed by atoms with Crippen molar-refractivity contribution in [3.05, 3.63) is 42.0 Å². The van der Waals surface area contributed by atoms with Crippen molar-refractivity contribution in [1.29, 1.82) is 0 Å². The van der Waals surface area contributed by atoms with Gasteiger partial charge in [-0.3, -0.25) is 9.59 Å². The Balaban J connectivity index is 1.78. The fraction of sp³-hybridized carbons (Fsp3) is 0.481. The third kappa shape index (κ3) is 5.47. The third-order valence-electron chi connectivity index (χ3n) is 6.81. The SMILES string of the molecule is CCC(C)(C)NC(=O)C(c1cc(OC)c(OC)c(OC)c1)N(C(=O)Cn1nnc2ccccc21)C1CC1. The summed E-state index contributed by atoms with van der Waals surface area (Å²) in [6.07, 6.45) is 2.35. The summed E-state index contributed by atoms with van der Waals surface area (Å²) in [7, 11) is 4.57. The van der Waals surface area contributed by atoms with Crippen molar-refractivity contribution in [1.82, 2.24) is 25.2 Å². The number of carbonyl (C=O) groups excluding carboxylic acids is 2. The number of amides is 2. The molecule has 198 valence electrons. The van der Waals surface area contributed by atoms with Gasteiger partial charge in [-0.25, -0.2) is 4.68 Å². The lowest BCUT2D eigenvalue weighted by Crippen LogP contribution is -2.51. The van der Waals surface area contributed by atoms with E-state index in [1.807, 2.05) is 45.0 Å². The summed E-state index contributed by atoms with van der Waals surface area (Å²) >= 11 is 0. The molecule has 1 saturated carbocycles. The fourth-order valence-corrected chi connectivity index (χ4v) is 4.34. The van der Waals surface area contributed by atoms with Gasteiger partial charge in [-0.15, -0.1) is 5.10 Å². The van der Waals surface area contributed by atoms with E-state index in [9.17, 15) is 9.59 Å². The first-order valence-corrected chi connectivity index (χ1v) is 12.4. The van der Waals surface area contributed by atoms with Gasteiger partial charge in [0.15, 0.2) is 11.5 Å². The average Bonchev–Trinajstić information content (AvgIpc) is 3.65. The first-order chi connectivity index (χ1) is 17.7. The van der Waals surface area contributed by atoms with Gasteiger partial charge < -0.3 is 24.4 Å². The number of rotatable bonds is 11. The summed E-state index contributed by atoms with van der Waals surface area (Å²) < 4.78 is 18.2. The van der Waals surface area contributed by atoms with E-state index in [0.717, 1.165) is 24.8 Å². The molecular formula is C27H35N5O5. The molecule has 4 rings (SSSR count). The summed E-state index contributed by atoms with van der Waals surface area (Å²) in [6.45, 7) is 5.89. The maximum absolute atomic E-state index is 13.9. The van der Waals surface area contributed by atoms with Crippen LogP contribution >= 0.6 is 0 Å². The van der Waals surface area contributed by atoms with Gasteiger partial charge in [0.25, 0.3) is 0 Å². The molecule has 1 heterocycles. The summed E-state index contributed by atoms with van der Waals surface area (Å²) in [4.78, 5) is 29.5. The molecule has 1 atom stereocenters. The van der Waals surface area contributed by atoms with Crippen LogP contribution in [-0.4, -0.2) is 64.6 Å². The highest BCUT2D eigenvalue weighted by Crippen LogP contribution is 2.43. The van der Waals surface area contributed by atoms with E-state index in [1.54, 1.807) is 21.7 Å². The van der Waals surface area contributed by atoms with Crippen LogP contribution in [0.4, 0.5) is 0 Å². The molecule has 0 aliphatic heterocycles. The minimum atomic E-state index is -0.908. The number of aromatic nitrogens is 3. The van der Waals surface area contributed by atoms with Crippen LogP contribution < -0.4 is 19.5 Å². The molecule has 1 fully saturated rings. The summed E-state index contributed by atoms with van der Waals surface area (Å²) in [5, 5.41) is 11.5. The lowest BCUT2D eigenvalue weighted by Gasteiger charge is -2.35. The van der Waals surface area contributed by atoms with Gasteiger partial charge in [-0.1, -0.05) is 24.3 Å². The molecule has 3 aromatic rings. The number of hydrogen-bond acceptors (Lipinski definition) is 7. The van der Waals surface area contributed by atoms with Crippen molar-refractivity contribution < 1.29 is 23.8 Å². The molecule has 10 heteroatoms. The number of hydrogen-bond donors (Lipinski definition) is 1. The van der Waals surface area contributed by atoms with Crippen LogP contribution in [0.3, 0.4) is 0 Å². The number of methoxy groups -OCH3 is 3. The molecule has 1 N–H and O–H groups in total. The minimum absolute atomic E-state index is 0.0393. The molecule has 0 radical (unpaired) electrons. The third-order valence-corrected chi connectivity index (χ3v) is 6.81. The van der Waals surface area contributed by atoms with Crippen molar-refractivity contribution in [2.24, 2.45) is 0 Å². The van der Waals surface area contributed by atoms with E-state index in [-0.39, 0.29) is 24.4 Å². The maximum atomic E-state index is 13.9. The number of nitrogens with one attached hydrogen (secondary N) is 1. The van der Waals surface area contributed by atoms with Crippen molar-refractivity contribution in [2.45, 2.75) is 64.2 Å². The Bertz CT molecular complexity index is 1260. The van der Waals surface area contributed by atoms with Crippen molar-refractivity contribution >= 4 is 22.8 Å². The predicted molar refractivity (Wildman–Crippen MR) is 139 cm³/mol. The van der Waals surface area contributed by atoms with E-state index in [0.29, 0.717) is 28.3 Å². The van der Waals surface area contributed by atoms with Crippen LogP contribution in [0, 0.1) is 0 Å². The molecule has 2 aromatic carbocycles. The Hall–Kier alpha value is -3.82. The molecule has 10 nitrogen and oxygen atoms in total. The smallest absolute Gasteiger partial charge is 0.247 e. The Morgan fingerprint density at radius 1 is 1.11 bits per heavy atom. The summed E-state index contributed by atoms with van der Waals surface area (Å²) in [5.41, 5.74) is 1.57. The highest BCUT2D eigenvalue weighted by molar-refractivity contribution is 5.90. The van der Waals surface area contributed by atoms with E-state index in [2.05, 4.69) is 15.6 Å². The van der Waals surface area contributed by atoms with E-state index in [4.69, 9.17) is 14.2 Å². The van der Waals surface area contributed by atoms with Crippen LogP contribution in [0.5, 0.6) is 17.2 Å². The van der Waals surface area contributed by atoms with Gasteiger partial charge in [0, 0.05) is 11.6 Å². The van der Waals surface area contributed by atoms with Gasteiger partial charge in [0.1, 0.15) is 18.1 Å². The molecule has 37 heavy (non-hydrogen) atoms. The summed E-state index contributed by atoms with van der Waals surface area (Å²) in [5.74, 6) is 0.746. The molecule has 1 aromatic heterocycles. The van der Waals surface area contributed by atoms with E-state index in [1.165, 1.54) is 21.3 Å². The molecule has 1 unspecified atom stereocenters. The van der Waals surface area contributed by atoms with Crippen molar-refractivity contribution in [3.63, 3.8) is 0 Å². The Kier molecular flexibility index (Phi) is 7.56. The first kappa shape index (κ1) is 26.2. The monoisotopic (exact) mass is 509 g/mol. The topological polar surface area (TPSA) is 108 Å². The minimum Gasteiger partial charge on any atom is -0.493 e. The molecule has 0 spiro atoms. The average molecular weight is 510 g/mol. The number of carbonyl (C=O) groups is 2. The Morgan fingerprint density at radius 2 is 1.76 bits per heavy atom. The van der Waals surface area contributed by atoms with Crippen LogP contribution in [0.25, 0.3) is 11.0 Å². The van der Waals surface area contributed by atoms with Gasteiger partial charge in [0.05, 0.1) is 26.8 Å². The standard InChI is InChI=1S/C27H35N5O5/c1-7-27(2,3)28-26(34)24(17-14-21(35-4)25(37-6)22(15-17)36-5)32(18-12-13-18)23(33)16-31-20-11-9-8-10-19(20)29-30-31/h8-11,14-15,18,24H,7,12-13,16H2,1-6H3,(H,28,34). The second kappa shape index (κ2) is 10.7. The second-order valence-corrected chi connectivity index (χ2v) is 9.86. The van der Waals surface area contributed by atoms with E-state index >= 15 is 0 Å². The number of ether oxygens (including phenoxy) is 3. The molecule has 0 saturated heterocycles. The lowest BCUT2D eigenvalue weighted by atomic mass is 9.98. The fourth-order valence-electron chi connectivity index (χ4n) is 4.34. The van der Waals surface area contributed by atoms with Crippen LogP contribution in [0.2, 0.25) is 0 Å². The zero-order valence-corrected chi connectivity index (χ0v) is 22.3. The van der Waals surface area contributed by atoms with Gasteiger partial charge in [-0.05, 0) is 62.9 Å². The van der Waals surface area contributed by atoms with Gasteiger partial charge >= 0.3 is 0 Å². The number of nitrogens with zero attached hydrogens (tertiary/aromatic N) is 4. The van der Waals surface area contributed by atoms with E-state index < -0.39 is 11.6 Å². The molecule has 2 amide bonds. The van der Waals surface area contributed by atoms with Gasteiger partial charge in [0.2, 0.25) is 17.6 Å². The second-order valence-electron chi connectivity index (χ2n) is 9.86.